The van der Waals surface area contributed by atoms with Gasteiger partial charge in [-0.1, -0.05) is 131 Å². The molecule has 282 valence electrons. The second-order valence-corrected chi connectivity index (χ2v) is 14.0. The summed E-state index contributed by atoms with van der Waals surface area (Å²) in [6.45, 7) is 0.121. The Kier molecular flexibility index (Phi) is 31.1. The van der Waals surface area contributed by atoms with E-state index in [4.69, 9.17) is 10.2 Å². The molecule has 0 heterocycles. The summed E-state index contributed by atoms with van der Waals surface area (Å²) in [6.07, 6.45) is 48.4. The second-order valence-electron chi connectivity index (χ2n) is 14.0. The number of benzene rings is 1. The van der Waals surface area contributed by atoms with Crippen LogP contribution in [0, 0.1) is 0 Å². The molecule has 0 unspecified atom stereocenters. The first kappa shape index (κ1) is 45.1. The van der Waals surface area contributed by atoms with Gasteiger partial charge in [0.1, 0.15) is 0 Å². The van der Waals surface area contributed by atoms with Gasteiger partial charge >= 0.3 is 11.9 Å². The number of aryl methyl sites for hydroxylation is 2. The van der Waals surface area contributed by atoms with Crippen LogP contribution in [0.1, 0.15) is 184 Å². The summed E-state index contributed by atoms with van der Waals surface area (Å²) in [5.41, 5.74) is 3.81. The van der Waals surface area contributed by atoms with Crippen LogP contribution < -0.4 is 0 Å². The maximum atomic E-state index is 10.5. The van der Waals surface area contributed by atoms with E-state index >= 15 is 0 Å². The molecule has 1 aromatic carbocycles. The minimum atomic E-state index is -0.682. The molecule has 0 saturated heterocycles. The molecular formula is C45H72O5. The molecule has 0 aliphatic heterocycles. The normalized spacial score (nSPS) is 12.0. The van der Waals surface area contributed by atoms with Gasteiger partial charge in [0, 0.05) is 12.8 Å². The number of carboxylic acids is 2. The van der Waals surface area contributed by atoms with E-state index in [0.717, 1.165) is 95.5 Å². The Morgan fingerprint density at radius 1 is 0.400 bits per heavy atom. The third-order valence-electron chi connectivity index (χ3n) is 9.20. The van der Waals surface area contributed by atoms with Crippen LogP contribution in [0.5, 0.6) is 0 Å². The van der Waals surface area contributed by atoms with Crippen molar-refractivity contribution in [2.24, 2.45) is 0 Å². The van der Waals surface area contributed by atoms with Gasteiger partial charge in [-0.05, 0) is 119 Å². The highest BCUT2D eigenvalue weighted by Gasteiger charge is 2.03. The van der Waals surface area contributed by atoms with Crippen molar-refractivity contribution in [3.63, 3.8) is 0 Å². The smallest absolute Gasteiger partial charge is 0.303 e. The number of aliphatic carboxylic acids is 2. The molecule has 0 radical (unpaired) electrons. The predicted molar refractivity (Wildman–Crippen MR) is 212 cm³/mol. The molecule has 0 atom stereocenters. The van der Waals surface area contributed by atoms with Crippen molar-refractivity contribution in [2.45, 2.75) is 186 Å². The topological polar surface area (TPSA) is 94.8 Å². The lowest BCUT2D eigenvalue weighted by Crippen LogP contribution is -1.95. The Hall–Kier alpha value is -2.92. The number of allylic oxidation sites excluding steroid dienone is 8. The number of carbonyl (C=O) groups is 2. The van der Waals surface area contributed by atoms with Gasteiger partial charge in [-0.25, -0.2) is 0 Å². The fourth-order valence-corrected chi connectivity index (χ4v) is 6.26. The van der Waals surface area contributed by atoms with Gasteiger partial charge in [0.05, 0.1) is 6.61 Å². The van der Waals surface area contributed by atoms with Crippen molar-refractivity contribution in [1.82, 2.24) is 0 Å². The van der Waals surface area contributed by atoms with E-state index < -0.39 is 11.9 Å². The molecule has 5 heteroatoms. The summed E-state index contributed by atoms with van der Waals surface area (Å²) in [7, 11) is 0. The van der Waals surface area contributed by atoms with E-state index in [1.807, 2.05) is 0 Å². The van der Waals surface area contributed by atoms with Crippen molar-refractivity contribution in [3.05, 3.63) is 83.5 Å². The van der Waals surface area contributed by atoms with E-state index in [0.29, 0.717) is 12.8 Å². The van der Waals surface area contributed by atoms with Gasteiger partial charge in [0.2, 0.25) is 0 Å². The molecule has 3 N–H and O–H groups in total. The van der Waals surface area contributed by atoms with Gasteiger partial charge in [-0.2, -0.15) is 0 Å². The average molecular weight is 693 g/mol. The second kappa shape index (κ2) is 34.5. The fourth-order valence-electron chi connectivity index (χ4n) is 6.26. The average Bonchev–Trinajstić information content (AvgIpc) is 3.10. The molecule has 0 amide bonds. The Morgan fingerprint density at radius 3 is 1.04 bits per heavy atom. The summed E-state index contributed by atoms with van der Waals surface area (Å²) in [5.74, 6) is -1.36. The van der Waals surface area contributed by atoms with Crippen molar-refractivity contribution in [3.8, 4) is 0 Å². The number of hydrogen-bond acceptors (Lipinski definition) is 3. The van der Waals surface area contributed by atoms with Crippen LogP contribution in [-0.2, 0) is 29.0 Å². The minimum Gasteiger partial charge on any atom is -0.481 e. The van der Waals surface area contributed by atoms with Crippen molar-refractivity contribution < 1.29 is 24.9 Å². The molecule has 0 aromatic heterocycles. The van der Waals surface area contributed by atoms with Gasteiger partial charge < -0.3 is 15.3 Å². The number of carboxylic acid groups (broad SMARTS) is 2. The van der Waals surface area contributed by atoms with Gasteiger partial charge in [-0.3, -0.25) is 9.59 Å². The number of unbranched alkanes of at least 4 members (excludes halogenated alkanes) is 18. The first-order valence-corrected chi connectivity index (χ1v) is 20.3. The van der Waals surface area contributed by atoms with Crippen LogP contribution in [-0.4, -0.2) is 27.3 Å². The van der Waals surface area contributed by atoms with Crippen LogP contribution in [0.25, 0.3) is 0 Å². The summed E-state index contributed by atoms with van der Waals surface area (Å²) in [6, 6.07) is 6.76. The van der Waals surface area contributed by atoms with E-state index in [-0.39, 0.29) is 6.61 Å². The van der Waals surface area contributed by atoms with E-state index in [1.54, 1.807) is 0 Å². The molecule has 5 nitrogen and oxygen atoms in total. The van der Waals surface area contributed by atoms with Crippen molar-refractivity contribution >= 4 is 11.9 Å². The zero-order valence-electron chi connectivity index (χ0n) is 31.5. The third-order valence-corrected chi connectivity index (χ3v) is 9.20. The maximum Gasteiger partial charge on any atom is 0.303 e. The first-order valence-electron chi connectivity index (χ1n) is 20.3. The molecule has 0 aliphatic carbocycles. The number of rotatable bonds is 35. The van der Waals surface area contributed by atoms with Crippen LogP contribution in [0.2, 0.25) is 0 Å². The minimum absolute atomic E-state index is 0.121. The van der Waals surface area contributed by atoms with E-state index in [2.05, 4.69) is 66.8 Å². The van der Waals surface area contributed by atoms with Gasteiger partial charge in [0.15, 0.2) is 0 Å². The molecule has 1 aromatic rings. The van der Waals surface area contributed by atoms with E-state index in [1.165, 1.54) is 88.2 Å². The van der Waals surface area contributed by atoms with Crippen LogP contribution >= 0.6 is 0 Å². The summed E-state index contributed by atoms with van der Waals surface area (Å²) in [4.78, 5) is 21.0. The molecule has 50 heavy (non-hydrogen) atoms. The van der Waals surface area contributed by atoms with E-state index in [9.17, 15) is 14.7 Å². The molecular weight excluding hydrogens is 620 g/mol. The predicted octanol–water partition coefficient (Wildman–Crippen LogP) is 12.8. The Bertz CT molecular complexity index is 1000. The Labute approximate surface area is 306 Å². The summed E-state index contributed by atoms with van der Waals surface area (Å²) < 4.78 is 0. The van der Waals surface area contributed by atoms with Crippen LogP contribution in [0.15, 0.2) is 66.8 Å². The van der Waals surface area contributed by atoms with Gasteiger partial charge in [0.25, 0.3) is 0 Å². The van der Waals surface area contributed by atoms with Crippen LogP contribution in [0.4, 0.5) is 0 Å². The summed E-state index contributed by atoms with van der Waals surface area (Å²) >= 11 is 0. The van der Waals surface area contributed by atoms with Gasteiger partial charge in [-0.15, -0.1) is 0 Å². The standard InChI is InChI=1S/C45H72O5/c46-40-43-38-41(33-29-25-21-17-13-9-5-1-3-7-11-15-19-23-27-31-35-44(47)48)37-42(39-43)34-30-26-22-18-14-10-6-2-4-8-12-16-20-24-28-32-36-45(49)50/h3-10,37-39,46H,1-2,11-36,40H2,(H,47,48)(H,49,50). The molecule has 0 fully saturated rings. The monoisotopic (exact) mass is 693 g/mol. The molecule has 0 saturated carbocycles. The number of aliphatic hydroxyl groups excluding tert-OH is 1. The zero-order valence-corrected chi connectivity index (χ0v) is 31.5. The van der Waals surface area contributed by atoms with Crippen molar-refractivity contribution in [2.75, 3.05) is 0 Å². The lowest BCUT2D eigenvalue weighted by Gasteiger charge is -2.09. The highest BCUT2D eigenvalue weighted by Crippen LogP contribution is 2.18. The lowest BCUT2D eigenvalue weighted by molar-refractivity contribution is -0.138. The maximum absolute atomic E-state index is 10.5. The number of aliphatic hydroxyl groups is 1. The molecule has 1 rings (SSSR count). The fraction of sp³-hybridized carbons (Fsp3) is 0.644. The Balaban J connectivity index is 2.03. The molecule has 0 aliphatic rings. The van der Waals surface area contributed by atoms with Crippen molar-refractivity contribution in [1.29, 1.82) is 0 Å². The lowest BCUT2D eigenvalue weighted by atomic mass is 9.97. The highest BCUT2D eigenvalue weighted by molar-refractivity contribution is 5.66. The third kappa shape index (κ3) is 31.1. The first-order chi connectivity index (χ1) is 24.5. The SMILES string of the molecule is O=C(O)CCCCCCCC=CCC=CCCCCCCc1cc(CO)cc(CCCCCCC=CCC=CCCCCCCCC(=O)O)c1. The zero-order chi connectivity index (χ0) is 36.2. The largest absolute Gasteiger partial charge is 0.481 e. The molecule has 0 bridgehead atoms. The summed E-state index contributed by atoms with van der Waals surface area (Å²) in [5, 5.41) is 27.1. The van der Waals surface area contributed by atoms with Crippen LogP contribution in [0.3, 0.4) is 0 Å². The molecule has 0 spiro atoms. The quantitative estimate of drug-likeness (QED) is 0.0486. The Morgan fingerprint density at radius 2 is 0.700 bits per heavy atom. The highest BCUT2D eigenvalue weighted by atomic mass is 16.4. The number of hydrogen-bond donors (Lipinski definition) is 3.